The normalized spacial score (nSPS) is 12.1. The molecule has 9 nitrogen and oxygen atoms in total. The number of rotatable bonds is 7. The molecule has 0 radical (unpaired) electrons. The van der Waals surface area contributed by atoms with Crippen LogP contribution in [-0.2, 0) is 0 Å². The molecule has 148 valence electrons. The van der Waals surface area contributed by atoms with Crippen molar-refractivity contribution in [3.8, 4) is 23.1 Å². The van der Waals surface area contributed by atoms with Gasteiger partial charge >= 0.3 is 0 Å². The number of halogens is 1. The number of nitrogens with zero attached hydrogens (tertiary/aromatic N) is 3. The van der Waals surface area contributed by atoms with E-state index < -0.39 is 6.10 Å². The van der Waals surface area contributed by atoms with E-state index in [0.29, 0.717) is 22.1 Å². The maximum atomic E-state index is 12.6. The van der Waals surface area contributed by atoms with Crippen LogP contribution < -0.4 is 14.9 Å². The first-order valence-electron chi connectivity index (χ1n) is 8.60. The number of ether oxygens (including phenoxy) is 2. The van der Waals surface area contributed by atoms with Crippen LogP contribution >= 0.6 is 11.6 Å². The molecule has 0 spiro atoms. The second kappa shape index (κ2) is 8.29. The summed E-state index contributed by atoms with van der Waals surface area (Å²) in [7, 11) is 0. The van der Waals surface area contributed by atoms with Crippen LogP contribution in [-0.4, -0.2) is 45.0 Å². The van der Waals surface area contributed by atoms with Crippen LogP contribution in [0.25, 0.3) is 22.6 Å². The minimum atomic E-state index is -0.910. The zero-order valence-electron chi connectivity index (χ0n) is 14.9. The molecule has 2 N–H and O–H groups in total. The molecule has 4 aromatic rings. The van der Waals surface area contributed by atoms with Crippen molar-refractivity contribution < 1.29 is 19.0 Å². The fourth-order valence-electron chi connectivity index (χ4n) is 2.64. The van der Waals surface area contributed by atoms with Gasteiger partial charge in [0.15, 0.2) is 11.2 Å². The van der Waals surface area contributed by atoms with E-state index in [1.54, 1.807) is 42.5 Å². The molecule has 1 atom stereocenters. The number of aromatic nitrogens is 4. The molecule has 0 aliphatic rings. The van der Waals surface area contributed by atoms with Crippen molar-refractivity contribution in [1.29, 1.82) is 0 Å². The number of tetrazole rings is 1. The fourth-order valence-corrected chi connectivity index (χ4v) is 2.76. The van der Waals surface area contributed by atoms with Gasteiger partial charge in [-0.3, -0.25) is 4.79 Å². The van der Waals surface area contributed by atoms with E-state index in [1.165, 1.54) is 6.07 Å². The summed E-state index contributed by atoms with van der Waals surface area (Å²) in [5, 5.41) is 24.2. The summed E-state index contributed by atoms with van der Waals surface area (Å²) >= 11 is 5.82. The van der Waals surface area contributed by atoms with Crippen LogP contribution in [0.15, 0.2) is 57.7 Å². The van der Waals surface area contributed by atoms with Crippen molar-refractivity contribution in [1.82, 2.24) is 20.6 Å². The van der Waals surface area contributed by atoms with Crippen molar-refractivity contribution in [3.63, 3.8) is 0 Å². The molecular formula is C19H15ClN4O5. The molecule has 0 aliphatic carbocycles. The zero-order valence-corrected chi connectivity index (χ0v) is 15.7. The molecule has 0 aliphatic heterocycles. The molecule has 1 unspecified atom stereocenters. The second-order valence-electron chi connectivity index (χ2n) is 6.08. The van der Waals surface area contributed by atoms with E-state index in [0.717, 1.165) is 0 Å². The van der Waals surface area contributed by atoms with E-state index in [9.17, 15) is 9.90 Å². The van der Waals surface area contributed by atoms with Crippen LogP contribution in [0.3, 0.4) is 0 Å². The Morgan fingerprint density at radius 1 is 1.14 bits per heavy atom. The third-order valence-electron chi connectivity index (χ3n) is 3.98. The monoisotopic (exact) mass is 414 g/mol. The largest absolute Gasteiger partial charge is 0.491 e. The van der Waals surface area contributed by atoms with Gasteiger partial charge in [-0.05, 0) is 46.8 Å². The van der Waals surface area contributed by atoms with Gasteiger partial charge in [0, 0.05) is 11.1 Å². The van der Waals surface area contributed by atoms with Gasteiger partial charge in [-0.2, -0.15) is 0 Å². The number of aliphatic hydroxyl groups is 1. The standard InChI is InChI=1S/C19H15ClN4O5/c20-11-4-6-13(7-5-11)27-9-12(25)10-28-15-2-1-3-16-18(15)14(26)8-17(29-16)19-21-23-24-22-19/h1-8,12,25H,9-10H2,(H,21,22,23,24). The van der Waals surface area contributed by atoms with Gasteiger partial charge in [-0.15, -0.1) is 5.10 Å². The molecule has 0 amide bonds. The van der Waals surface area contributed by atoms with Gasteiger partial charge in [0.05, 0.1) is 0 Å². The number of aromatic amines is 1. The summed E-state index contributed by atoms with van der Waals surface area (Å²) in [5.41, 5.74) is -0.00606. The highest BCUT2D eigenvalue weighted by molar-refractivity contribution is 6.30. The van der Waals surface area contributed by atoms with E-state index in [1.807, 2.05) is 0 Å². The predicted molar refractivity (Wildman–Crippen MR) is 104 cm³/mol. The molecule has 4 rings (SSSR count). The number of H-pyrrole nitrogens is 1. The third-order valence-corrected chi connectivity index (χ3v) is 4.23. The summed E-state index contributed by atoms with van der Waals surface area (Å²) < 4.78 is 16.8. The van der Waals surface area contributed by atoms with Crippen LogP contribution in [0.1, 0.15) is 0 Å². The molecule has 2 heterocycles. The molecule has 0 bridgehead atoms. The lowest BCUT2D eigenvalue weighted by Gasteiger charge is -2.14. The SMILES string of the molecule is O=c1cc(-c2nnn[nH]2)oc2cccc(OCC(O)COc3ccc(Cl)cc3)c12. The van der Waals surface area contributed by atoms with E-state index in [-0.39, 0.29) is 35.6 Å². The van der Waals surface area contributed by atoms with Crippen LogP contribution in [0, 0.1) is 0 Å². The van der Waals surface area contributed by atoms with Crippen molar-refractivity contribution >= 4 is 22.6 Å². The molecule has 29 heavy (non-hydrogen) atoms. The van der Waals surface area contributed by atoms with Crippen LogP contribution in [0.5, 0.6) is 11.5 Å². The average molecular weight is 415 g/mol. The Labute approximate surface area is 168 Å². The van der Waals surface area contributed by atoms with E-state index in [2.05, 4.69) is 20.6 Å². The van der Waals surface area contributed by atoms with Gasteiger partial charge in [0.1, 0.15) is 41.8 Å². The summed E-state index contributed by atoms with van der Waals surface area (Å²) in [4.78, 5) is 12.6. The van der Waals surface area contributed by atoms with Crippen molar-refractivity contribution in [3.05, 3.63) is 63.8 Å². The number of aliphatic hydroxyl groups excluding tert-OH is 1. The molecule has 10 heteroatoms. The van der Waals surface area contributed by atoms with Gasteiger partial charge in [0.25, 0.3) is 0 Å². The highest BCUT2D eigenvalue weighted by Crippen LogP contribution is 2.26. The third kappa shape index (κ3) is 4.36. The lowest BCUT2D eigenvalue weighted by molar-refractivity contribution is 0.0631. The Bertz CT molecular complexity index is 1160. The molecule has 2 aromatic carbocycles. The fraction of sp³-hybridized carbons (Fsp3) is 0.158. The summed E-state index contributed by atoms with van der Waals surface area (Å²) in [5.74, 6) is 1.32. The summed E-state index contributed by atoms with van der Waals surface area (Å²) in [6.07, 6.45) is -0.910. The minimum Gasteiger partial charge on any atom is -0.491 e. The van der Waals surface area contributed by atoms with Gasteiger partial charge in [-0.1, -0.05) is 17.7 Å². The van der Waals surface area contributed by atoms with Crippen molar-refractivity contribution in [2.75, 3.05) is 13.2 Å². The first-order valence-corrected chi connectivity index (χ1v) is 8.98. The quantitative estimate of drug-likeness (QED) is 0.472. The molecule has 0 saturated carbocycles. The Kier molecular flexibility index (Phi) is 5.41. The number of fused-ring (bicyclic) bond motifs is 1. The second-order valence-corrected chi connectivity index (χ2v) is 6.52. The van der Waals surface area contributed by atoms with Crippen molar-refractivity contribution in [2.45, 2.75) is 6.10 Å². The predicted octanol–water partition coefficient (Wildman–Crippen LogP) is 2.45. The van der Waals surface area contributed by atoms with Crippen LogP contribution in [0.2, 0.25) is 5.02 Å². The number of benzene rings is 2. The number of hydrogen-bond acceptors (Lipinski definition) is 8. The Morgan fingerprint density at radius 3 is 2.69 bits per heavy atom. The van der Waals surface area contributed by atoms with E-state index in [4.69, 9.17) is 25.5 Å². The molecule has 0 fully saturated rings. The lowest BCUT2D eigenvalue weighted by Crippen LogP contribution is -2.25. The topological polar surface area (TPSA) is 123 Å². The molecule has 0 saturated heterocycles. The van der Waals surface area contributed by atoms with Crippen molar-refractivity contribution in [2.24, 2.45) is 0 Å². The Morgan fingerprint density at radius 2 is 1.93 bits per heavy atom. The zero-order chi connectivity index (χ0) is 20.2. The minimum absolute atomic E-state index is 0.0175. The molecular weight excluding hydrogens is 400 g/mol. The van der Waals surface area contributed by atoms with Gasteiger partial charge < -0.3 is 19.0 Å². The number of nitrogens with one attached hydrogen (secondary N) is 1. The first kappa shape index (κ1) is 18.9. The molecule has 2 aromatic heterocycles. The highest BCUT2D eigenvalue weighted by atomic mass is 35.5. The lowest BCUT2D eigenvalue weighted by atomic mass is 10.2. The smallest absolute Gasteiger partial charge is 0.215 e. The maximum absolute atomic E-state index is 12.6. The van der Waals surface area contributed by atoms with Gasteiger partial charge in [-0.25, -0.2) is 5.10 Å². The Hall–Kier alpha value is -3.43. The average Bonchev–Trinajstić information content (AvgIpc) is 3.26. The Balaban J connectivity index is 1.46. The van der Waals surface area contributed by atoms with Gasteiger partial charge in [0.2, 0.25) is 5.82 Å². The highest BCUT2D eigenvalue weighted by Gasteiger charge is 2.15. The van der Waals surface area contributed by atoms with Crippen LogP contribution in [0.4, 0.5) is 0 Å². The first-order chi connectivity index (χ1) is 14.1. The summed E-state index contributed by atoms with van der Waals surface area (Å²) in [6.45, 7) is -0.0520. The number of hydrogen-bond donors (Lipinski definition) is 2. The maximum Gasteiger partial charge on any atom is 0.215 e. The summed E-state index contributed by atoms with van der Waals surface area (Å²) in [6, 6.07) is 13.0. The van der Waals surface area contributed by atoms with E-state index >= 15 is 0 Å².